The van der Waals surface area contributed by atoms with E-state index in [4.69, 9.17) is 28.0 Å². The molecule has 41 heavy (non-hydrogen) atoms. The van der Waals surface area contributed by atoms with E-state index in [0.717, 1.165) is 31.4 Å². The minimum absolute atomic E-state index is 0.0218. The second kappa shape index (κ2) is 21.8. The summed E-state index contributed by atoms with van der Waals surface area (Å²) in [6.45, 7) is 4.83. The van der Waals surface area contributed by atoms with Crippen molar-refractivity contribution in [1.29, 1.82) is 0 Å². The molecule has 232 valence electrons. The van der Waals surface area contributed by atoms with Gasteiger partial charge in [0.15, 0.2) is 0 Å². The molecule has 0 aliphatic rings. The van der Waals surface area contributed by atoms with Gasteiger partial charge in [-0.15, -0.1) is 0 Å². The molecule has 0 radical (unpaired) electrons. The Hall–Kier alpha value is -2.90. The molecule has 14 nitrogen and oxygen atoms in total. The second-order valence-corrected chi connectivity index (χ2v) is 10.4. The third-order valence-corrected chi connectivity index (χ3v) is 6.43. The lowest BCUT2D eigenvalue weighted by molar-refractivity contribution is -0.384. The minimum atomic E-state index is -4.42. The van der Waals surface area contributed by atoms with Gasteiger partial charge in [0, 0.05) is 18.7 Å². The average molecular weight is 605 g/mol. The zero-order chi connectivity index (χ0) is 30.3. The highest BCUT2D eigenvalue weighted by molar-refractivity contribution is 7.47. The number of carbonyl (C=O) groups excluding carboxylic acids is 2. The molecule has 15 heteroatoms. The summed E-state index contributed by atoms with van der Waals surface area (Å²) in [5.74, 6) is -0.754. The maximum Gasteiger partial charge on any atom is 0.513 e. The van der Waals surface area contributed by atoms with Gasteiger partial charge in [0.05, 0.1) is 37.7 Å². The third kappa shape index (κ3) is 19.0. The van der Waals surface area contributed by atoms with Crippen molar-refractivity contribution < 1.29 is 52.0 Å². The lowest BCUT2D eigenvalue weighted by atomic mass is 10.1. The zero-order valence-electron chi connectivity index (χ0n) is 23.5. The molecule has 1 N–H and O–H groups in total. The molecule has 0 aromatic heterocycles. The molecule has 0 spiro atoms. The summed E-state index contributed by atoms with van der Waals surface area (Å²) in [6, 6.07) is 4.77. The number of rotatable bonds is 24. The quantitative estimate of drug-likeness (QED) is 0.0302. The van der Waals surface area contributed by atoms with Crippen molar-refractivity contribution in [2.45, 2.75) is 70.8 Å². The largest absolute Gasteiger partial charge is 0.513 e. The fourth-order valence-electron chi connectivity index (χ4n) is 3.33. The number of nitro benzene ring substituents is 1. The van der Waals surface area contributed by atoms with Crippen LogP contribution in [-0.2, 0) is 32.6 Å². The van der Waals surface area contributed by atoms with Crippen LogP contribution in [0.2, 0.25) is 0 Å². The first-order chi connectivity index (χ1) is 19.7. The first-order valence-electron chi connectivity index (χ1n) is 13.6. The van der Waals surface area contributed by atoms with Crippen LogP contribution in [-0.4, -0.2) is 74.3 Å². The van der Waals surface area contributed by atoms with E-state index in [1.54, 1.807) is 0 Å². The molecule has 0 saturated carbocycles. The van der Waals surface area contributed by atoms with E-state index in [0.29, 0.717) is 6.61 Å². The van der Waals surface area contributed by atoms with Gasteiger partial charge in [-0.1, -0.05) is 51.9 Å². The number of aliphatic imine (C=N–C) groups is 1. The van der Waals surface area contributed by atoms with Gasteiger partial charge in [-0.25, -0.2) is 9.36 Å². The molecule has 1 unspecified atom stereocenters. The molecule has 0 fully saturated rings. The summed E-state index contributed by atoms with van der Waals surface area (Å²) in [4.78, 5) is 47.5. The molecule has 1 aromatic rings. The Labute approximate surface area is 240 Å². The molecule has 0 saturated heterocycles. The number of benzene rings is 1. The Morgan fingerprint density at radius 1 is 1.00 bits per heavy atom. The standard InChI is InChI=1S/C26H41N2O12P/c1-3-4-5-6-7-8-9-10-17-35-20-24(21-38-41(33,34)37-19-16-27-2)39-25(29)15-18-36-26(30)40-23-13-11-22(12-14-23)28(31)32/h11-14,24H,2-10,15-21H2,1H3,(H,33,34)/t24-/m1/s1. The minimum Gasteiger partial charge on any atom is -0.457 e. The van der Waals surface area contributed by atoms with Crippen LogP contribution in [0.4, 0.5) is 10.5 Å². The smallest absolute Gasteiger partial charge is 0.457 e. The van der Waals surface area contributed by atoms with Gasteiger partial charge in [0.25, 0.3) is 5.69 Å². The van der Waals surface area contributed by atoms with Crippen molar-refractivity contribution in [3.63, 3.8) is 0 Å². The summed E-state index contributed by atoms with van der Waals surface area (Å²) < 4.78 is 42.3. The Balaban J connectivity index is 2.45. The summed E-state index contributed by atoms with van der Waals surface area (Å²) >= 11 is 0. The maximum absolute atomic E-state index is 12.3. The van der Waals surface area contributed by atoms with E-state index in [1.165, 1.54) is 44.2 Å². The first kappa shape index (κ1) is 36.1. The van der Waals surface area contributed by atoms with Gasteiger partial charge in [0.2, 0.25) is 0 Å². The molecule has 2 atom stereocenters. The number of hydrogen-bond acceptors (Lipinski definition) is 12. The highest BCUT2D eigenvalue weighted by Gasteiger charge is 2.25. The molecule has 1 aromatic carbocycles. The van der Waals surface area contributed by atoms with Crippen molar-refractivity contribution in [3.8, 4) is 5.75 Å². The summed E-state index contributed by atoms with van der Waals surface area (Å²) in [5.41, 5.74) is -0.174. The molecular weight excluding hydrogens is 563 g/mol. The van der Waals surface area contributed by atoms with Crippen LogP contribution < -0.4 is 4.74 Å². The van der Waals surface area contributed by atoms with Gasteiger partial charge in [0.1, 0.15) is 18.5 Å². The Kier molecular flexibility index (Phi) is 19.2. The summed E-state index contributed by atoms with van der Waals surface area (Å²) in [7, 11) is -4.42. The number of unbranched alkanes of at least 4 members (excludes halogenated alkanes) is 7. The van der Waals surface area contributed by atoms with E-state index in [2.05, 4.69) is 18.6 Å². The predicted octanol–water partition coefficient (Wildman–Crippen LogP) is 5.40. The summed E-state index contributed by atoms with van der Waals surface area (Å²) in [6.07, 6.45) is 6.52. The van der Waals surface area contributed by atoms with E-state index in [9.17, 15) is 29.2 Å². The Morgan fingerprint density at radius 3 is 2.29 bits per heavy atom. The third-order valence-electron chi connectivity index (χ3n) is 5.45. The topological polar surface area (TPSA) is 182 Å². The van der Waals surface area contributed by atoms with Crippen molar-refractivity contribution in [3.05, 3.63) is 34.4 Å². The number of hydrogen-bond donors (Lipinski definition) is 1. The number of phosphoric ester groups is 1. The Morgan fingerprint density at radius 2 is 1.66 bits per heavy atom. The van der Waals surface area contributed by atoms with Crippen molar-refractivity contribution in [2.75, 3.05) is 39.6 Å². The van der Waals surface area contributed by atoms with Crippen LogP contribution in [0.1, 0.15) is 64.7 Å². The number of phosphoric acid groups is 1. The number of non-ortho nitro benzene ring substituents is 1. The van der Waals surface area contributed by atoms with Gasteiger partial charge in [-0.05, 0) is 25.3 Å². The van der Waals surface area contributed by atoms with Crippen molar-refractivity contribution >= 4 is 32.4 Å². The highest BCUT2D eigenvalue weighted by atomic mass is 31.2. The summed E-state index contributed by atoms with van der Waals surface area (Å²) in [5, 5.41) is 10.7. The van der Waals surface area contributed by atoms with Crippen molar-refractivity contribution in [1.82, 2.24) is 0 Å². The number of nitrogens with zero attached hydrogens (tertiary/aromatic N) is 2. The fraction of sp³-hybridized carbons (Fsp3) is 0.654. The average Bonchev–Trinajstić information content (AvgIpc) is 2.93. The van der Waals surface area contributed by atoms with Gasteiger partial charge in [-0.2, -0.15) is 0 Å². The Bertz CT molecular complexity index is 960. The normalized spacial score (nSPS) is 13.1. The van der Waals surface area contributed by atoms with Crippen molar-refractivity contribution in [2.24, 2.45) is 4.99 Å². The SMILES string of the molecule is C=NCCOP(=O)(O)OC[C@@H](COCCCCCCCCCC)OC(=O)CCOC(=O)Oc1ccc([N+](=O)[O-])cc1. The van der Waals surface area contributed by atoms with Gasteiger partial charge in [-0.3, -0.25) is 28.9 Å². The number of esters is 1. The molecule has 1 rings (SSSR count). The predicted molar refractivity (Wildman–Crippen MR) is 149 cm³/mol. The second-order valence-electron chi connectivity index (χ2n) is 8.91. The van der Waals surface area contributed by atoms with Crippen LogP contribution in [0, 0.1) is 10.1 Å². The number of ether oxygens (including phenoxy) is 4. The van der Waals surface area contributed by atoms with E-state index in [1.807, 2.05) is 0 Å². The van der Waals surface area contributed by atoms with E-state index in [-0.39, 0.29) is 44.2 Å². The molecule has 0 bridgehead atoms. The van der Waals surface area contributed by atoms with Crippen LogP contribution >= 0.6 is 7.82 Å². The molecule has 0 aliphatic heterocycles. The lowest BCUT2D eigenvalue weighted by Crippen LogP contribution is -2.29. The van der Waals surface area contributed by atoms with Crippen LogP contribution in [0.15, 0.2) is 29.3 Å². The van der Waals surface area contributed by atoms with Crippen LogP contribution in [0.3, 0.4) is 0 Å². The number of carbonyl (C=O) groups is 2. The van der Waals surface area contributed by atoms with E-state index >= 15 is 0 Å². The number of nitro groups is 1. The van der Waals surface area contributed by atoms with Gasteiger partial charge < -0.3 is 23.8 Å². The fourth-order valence-corrected chi connectivity index (χ4v) is 4.07. The molecule has 0 heterocycles. The van der Waals surface area contributed by atoms with E-state index < -0.39 is 37.6 Å². The maximum atomic E-state index is 12.3. The molecule has 0 aliphatic carbocycles. The first-order valence-corrected chi connectivity index (χ1v) is 15.1. The van der Waals surface area contributed by atoms with Gasteiger partial charge >= 0.3 is 19.9 Å². The monoisotopic (exact) mass is 604 g/mol. The molecular formula is C26H41N2O12P. The lowest BCUT2D eigenvalue weighted by Gasteiger charge is -2.20. The van der Waals surface area contributed by atoms with Crippen LogP contribution in [0.5, 0.6) is 5.75 Å². The zero-order valence-corrected chi connectivity index (χ0v) is 24.4. The molecule has 0 amide bonds. The van der Waals surface area contributed by atoms with Crippen LogP contribution in [0.25, 0.3) is 0 Å². The highest BCUT2D eigenvalue weighted by Crippen LogP contribution is 2.43.